The van der Waals surface area contributed by atoms with E-state index in [-0.39, 0.29) is 11.8 Å². The van der Waals surface area contributed by atoms with E-state index in [0.29, 0.717) is 5.02 Å². The normalized spacial score (nSPS) is 19.2. The van der Waals surface area contributed by atoms with Crippen LogP contribution in [0.1, 0.15) is 30.1 Å². The number of hydrogen-bond acceptors (Lipinski definition) is 2. The zero-order valence-electron chi connectivity index (χ0n) is 10.9. The fraction of sp³-hybridized carbons (Fsp3) is 0.400. The molecule has 2 aromatic rings. The van der Waals surface area contributed by atoms with Crippen molar-refractivity contribution < 1.29 is 4.79 Å². The number of carbonyl (C=O) groups excluding carboxylic acids is 1. The van der Waals surface area contributed by atoms with Crippen LogP contribution in [0.3, 0.4) is 0 Å². The zero-order valence-corrected chi connectivity index (χ0v) is 11.7. The minimum absolute atomic E-state index is 0.0325. The van der Waals surface area contributed by atoms with E-state index in [0.717, 1.165) is 42.4 Å². The van der Waals surface area contributed by atoms with Crippen LogP contribution in [0.25, 0.3) is 10.9 Å². The molecule has 0 radical (unpaired) electrons. The van der Waals surface area contributed by atoms with Gasteiger partial charge in [0.05, 0.1) is 6.04 Å². The van der Waals surface area contributed by atoms with Gasteiger partial charge in [-0.15, -0.1) is 0 Å². The number of ketones is 1. The zero-order chi connectivity index (χ0) is 13.4. The summed E-state index contributed by atoms with van der Waals surface area (Å²) in [5.41, 5.74) is 1.87. The molecule has 19 heavy (non-hydrogen) atoms. The van der Waals surface area contributed by atoms with Crippen molar-refractivity contribution >= 4 is 28.3 Å². The summed E-state index contributed by atoms with van der Waals surface area (Å²) in [4.78, 5) is 12.6. The van der Waals surface area contributed by atoms with Crippen LogP contribution in [0.15, 0.2) is 24.4 Å². The number of fused-ring (bicyclic) bond motifs is 1. The average molecular weight is 277 g/mol. The molecule has 3 nitrogen and oxygen atoms in total. The van der Waals surface area contributed by atoms with Crippen LogP contribution in [0.5, 0.6) is 0 Å². The fourth-order valence-electron chi connectivity index (χ4n) is 2.82. The van der Waals surface area contributed by atoms with E-state index in [4.69, 9.17) is 11.6 Å². The van der Waals surface area contributed by atoms with E-state index in [1.807, 2.05) is 24.4 Å². The molecule has 1 unspecified atom stereocenters. The van der Waals surface area contributed by atoms with E-state index in [9.17, 15) is 4.79 Å². The molecule has 0 spiro atoms. The highest BCUT2D eigenvalue weighted by Crippen LogP contribution is 2.27. The first-order valence-electron chi connectivity index (χ1n) is 6.76. The van der Waals surface area contributed by atoms with Crippen molar-refractivity contribution in [3.63, 3.8) is 0 Å². The number of aryl methyl sites for hydroxylation is 1. The summed E-state index contributed by atoms with van der Waals surface area (Å²) in [5.74, 6) is 0.192. The summed E-state index contributed by atoms with van der Waals surface area (Å²) in [6, 6.07) is 5.72. The number of nitrogens with one attached hydrogen (secondary N) is 1. The van der Waals surface area contributed by atoms with Crippen molar-refractivity contribution in [3.05, 3.63) is 35.0 Å². The van der Waals surface area contributed by atoms with Gasteiger partial charge in [-0.1, -0.05) is 11.6 Å². The number of Topliss-reactive ketones (excluding diaryl/α,β-unsaturated/α-hetero) is 1. The number of aromatic nitrogens is 1. The van der Waals surface area contributed by atoms with Gasteiger partial charge in [-0.2, -0.15) is 0 Å². The molecule has 1 aromatic heterocycles. The van der Waals surface area contributed by atoms with Crippen LogP contribution in [0.2, 0.25) is 5.02 Å². The molecule has 1 aliphatic rings. The lowest BCUT2D eigenvalue weighted by Gasteiger charge is -2.07. The van der Waals surface area contributed by atoms with Crippen LogP contribution in [0, 0.1) is 0 Å². The molecule has 0 aliphatic carbocycles. The lowest BCUT2D eigenvalue weighted by Crippen LogP contribution is -2.30. The number of carbonyl (C=O) groups is 1. The van der Waals surface area contributed by atoms with Crippen molar-refractivity contribution in [1.29, 1.82) is 0 Å². The Bertz CT molecular complexity index is 626. The Labute approximate surface area is 117 Å². The third-order valence-electron chi connectivity index (χ3n) is 3.83. The molecule has 1 aromatic carbocycles. The summed E-state index contributed by atoms with van der Waals surface area (Å²) in [6.45, 7) is 3.86. The highest BCUT2D eigenvalue weighted by Gasteiger charge is 2.26. The van der Waals surface area contributed by atoms with Crippen molar-refractivity contribution in [2.75, 3.05) is 6.54 Å². The predicted molar refractivity (Wildman–Crippen MR) is 78.0 cm³/mol. The highest BCUT2D eigenvalue weighted by molar-refractivity contribution is 6.31. The van der Waals surface area contributed by atoms with Crippen molar-refractivity contribution in [2.24, 2.45) is 0 Å². The average Bonchev–Trinajstić information content (AvgIpc) is 3.05. The van der Waals surface area contributed by atoms with Crippen LogP contribution >= 0.6 is 11.6 Å². The largest absolute Gasteiger partial charge is 0.347 e. The van der Waals surface area contributed by atoms with Gasteiger partial charge in [0.1, 0.15) is 0 Å². The van der Waals surface area contributed by atoms with Gasteiger partial charge >= 0.3 is 0 Å². The van der Waals surface area contributed by atoms with E-state index in [1.165, 1.54) is 0 Å². The van der Waals surface area contributed by atoms with Crippen LogP contribution in [-0.2, 0) is 6.54 Å². The smallest absolute Gasteiger partial charge is 0.181 e. The Morgan fingerprint density at radius 3 is 3.05 bits per heavy atom. The van der Waals surface area contributed by atoms with Crippen molar-refractivity contribution in [3.8, 4) is 0 Å². The second-order valence-corrected chi connectivity index (χ2v) is 5.44. The van der Waals surface area contributed by atoms with Crippen molar-refractivity contribution in [1.82, 2.24) is 9.88 Å². The molecule has 1 saturated heterocycles. The molecule has 0 saturated carbocycles. The van der Waals surface area contributed by atoms with Gasteiger partial charge in [0, 0.05) is 34.2 Å². The lowest BCUT2D eigenvalue weighted by molar-refractivity contribution is 0.0954. The fourth-order valence-corrected chi connectivity index (χ4v) is 3.00. The third-order valence-corrected chi connectivity index (χ3v) is 4.06. The van der Waals surface area contributed by atoms with Gasteiger partial charge in [0.25, 0.3) is 0 Å². The molecule has 3 rings (SSSR count). The Morgan fingerprint density at radius 1 is 1.53 bits per heavy atom. The maximum Gasteiger partial charge on any atom is 0.181 e. The van der Waals surface area contributed by atoms with Gasteiger partial charge in [0.2, 0.25) is 0 Å². The Kier molecular flexibility index (Phi) is 3.33. The molecule has 1 atom stereocenters. The minimum Gasteiger partial charge on any atom is -0.347 e. The minimum atomic E-state index is -0.0325. The number of hydrogen-bond donors (Lipinski definition) is 1. The van der Waals surface area contributed by atoms with Crippen LogP contribution in [-0.4, -0.2) is 22.9 Å². The quantitative estimate of drug-likeness (QED) is 0.873. The first-order valence-corrected chi connectivity index (χ1v) is 7.14. The first-order chi connectivity index (χ1) is 9.20. The maximum absolute atomic E-state index is 12.6. The summed E-state index contributed by atoms with van der Waals surface area (Å²) in [6.07, 6.45) is 3.96. The molecule has 2 heterocycles. The van der Waals surface area contributed by atoms with Gasteiger partial charge < -0.3 is 9.88 Å². The first kappa shape index (κ1) is 12.7. The lowest BCUT2D eigenvalue weighted by atomic mass is 10.0. The molecule has 1 fully saturated rings. The van der Waals surface area contributed by atoms with E-state index < -0.39 is 0 Å². The number of nitrogens with zero attached hydrogens (tertiary/aromatic N) is 1. The predicted octanol–water partition coefficient (Wildman–Crippen LogP) is 3.25. The molecule has 0 amide bonds. The van der Waals surface area contributed by atoms with Gasteiger partial charge in [-0.05, 0) is 44.5 Å². The summed E-state index contributed by atoms with van der Waals surface area (Å²) in [7, 11) is 0. The van der Waals surface area contributed by atoms with Gasteiger partial charge in [-0.3, -0.25) is 4.79 Å². The molecule has 0 bridgehead atoms. The molecular formula is C15H17ClN2O. The SMILES string of the molecule is CCn1cc(C(=O)C2CCCN2)c2cc(Cl)ccc21. The second-order valence-electron chi connectivity index (χ2n) is 5.00. The van der Waals surface area contributed by atoms with Crippen molar-refractivity contribution in [2.45, 2.75) is 32.4 Å². The Morgan fingerprint density at radius 2 is 2.37 bits per heavy atom. The Balaban J connectivity index is 2.11. The molecular weight excluding hydrogens is 260 g/mol. The standard InChI is InChI=1S/C15H17ClN2O/c1-2-18-9-12(15(19)13-4-3-7-17-13)11-8-10(16)5-6-14(11)18/h5-6,8-9,13,17H,2-4,7H2,1H3. The Hall–Kier alpha value is -1.32. The van der Waals surface area contributed by atoms with Gasteiger partial charge in [-0.25, -0.2) is 0 Å². The maximum atomic E-state index is 12.6. The van der Waals surface area contributed by atoms with Gasteiger partial charge in [0.15, 0.2) is 5.78 Å². The third kappa shape index (κ3) is 2.17. The monoisotopic (exact) mass is 276 g/mol. The van der Waals surface area contributed by atoms with E-state index >= 15 is 0 Å². The van der Waals surface area contributed by atoms with E-state index in [2.05, 4.69) is 16.8 Å². The topological polar surface area (TPSA) is 34.0 Å². The molecule has 1 N–H and O–H groups in total. The van der Waals surface area contributed by atoms with E-state index in [1.54, 1.807) is 0 Å². The highest BCUT2D eigenvalue weighted by atomic mass is 35.5. The molecule has 4 heteroatoms. The number of rotatable bonds is 3. The van der Waals surface area contributed by atoms with Crippen LogP contribution in [0.4, 0.5) is 0 Å². The molecule has 1 aliphatic heterocycles. The summed E-state index contributed by atoms with van der Waals surface area (Å²) < 4.78 is 2.11. The summed E-state index contributed by atoms with van der Waals surface area (Å²) in [5, 5.41) is 4.91. The van der Waals surface area contributed by atoms with Crippen LogP contribution < -0.4 is 5.32 Å². The molecule has 100 valence electrons. The summed E-state index contributed by atoms with van der Waals surface area (Å²) >= 11 is 6.07. The number of halogens is 1. The number of benzene rings is 1. The second kappa shape index (κ2) is 4.99.